The first-order chi connectivity index (χ1) is 10.6. The molecule has 0 amide bonds. The van der Waals surface area contributed by atoms with Gasteiger partial charge in [-0.3, -0.25) is 0 Å². The third-order valence-corrected chi connectivity index (χ3v) is 3.55. The molecule has 0 aromatic heterocycles. The van der Waals surface area contributed by atoms with Crippen molar-refractivity contribution in [1.29, 1.82) is 0 Å². The summed E-state index contributed by atoms with van der Waals surface area (Å²) in [6, 6.07) is 11.4. The van der Waals surface area contributed by atoms with Crippen LogP contribution in [0.25, 0.3) is 0 Å². The first-order valence-electron chi connectivity index (χ1n) is 6.73. The second-order valence-corrected chi connectivity index (χ2v) is 5.38. The lowest BCUT2D eigenvalue weighted by molar-refractivity contribution is 0.363. The van der Waals surface area contributed by atoms with Gasteiger partial charge in [0.05, 0.1) is 17.2 Å². The fourth-order valence-electron chi connectivity index (χ4n) is 1.91. The van der Waals surface area contributed by atoms with Crippen molar-refractivity contribution in [2.45, 2.75) is 6.54 Å². The van der Waals surface area contributed by atoms with Crippen molar-refractivity contribution in [1.82, 2.24) is 0 Å². The summed E-state index contributed by atoms with van der Waals surface area (Å²) in [6.45, 7) is 4.57. The topological polar surface area (TPSA) is 30.5 Å². The first kappa shape index (κ1) is 16.5. The van der Waals surface area contributed by atoms with Crippen LogP contribution in [0.15, 0.2) is 49.1 Å². The molecule has 3 nitrogen and oxygen atoms in total. The average Bonchev–Trinajstić information content (AvgIpc) is 2.52. The summed E-state index contributed by atoms with van der Waals surface area (Å²) in [7, 11) is 1.64. The van der Waals surface area contributed by atoms with Crippen LogP contribution in [0, 0.1) is 0 Å². The molecule has 2 aromatic carbocycles. The first-order valence-corrected chi connectivity index (χ1v) is 7.49. The monoisotopic (exact) mass is 337 g/mol. The number of halogens is 2. The molecule has 0 heterocycles. The van der Waals surface area contributed by atoms with Crippen LogP contribution in [0.4, 0.5) is 5.69 Å². The molecule has 116 valence electrons. The van der Waals surface area contributed by atoms with Crippen molar-refractivity contribution in [2.75, 3.05) is 19.0 Å². The molecular formula is C17H17Cl2NO2. The van der Waals surface area contributed by atoms with Crippen LogP contribution in [-0.2, 0) is 6.54 Å². The normalized spacial score (nSPS) is 10.1. The number of anilines is 1. The number of nitrogens with one attached hydrogen (secondary N) is 1. The molecule has 0 bridgehead atoms. The highest BCUT2D eigenvalue weighted by Gasteiger charge is 2.09. The lowest BCUT2D eigenvalue weighted by Gasteiger charge is -2.12. The van der Waals surface area contributed by atoms with E-state index in [0.717, 1.165) is 17.0 Å². The maximum Gasteiger partial charge on any atom is 0.156 e. The number of methoxy groups -OCH3 is 1. The lowest BCUT2D eigenvalue weighted by Crippen LogP contribution is -2.01. The highest BCUT2D eigenvalue weighted by Crippen LogP contribution is 2.34. The van der Waals surface area contributed by atoms with Gasteiger partial charge in [0, 0.05) is 12.2 Å². The molecular weight excluding hydrogens is 321 g/mol. The van der Waals surface area contributed by atoms with Gasteiger partial charge in [0.2, 0.25) is 0 Å². The van der Waals surface area contributed by atoms with Gasteiger partial charge < -0.3 is 14.8 Å². The summed E-state index contributed by atoms with van der Waals surface area (Å²) in [5.41, 5.74) is 1.96. The molecule has 0 radical (unpaired) electrons. The maximum atomic E-state index is 6.20. The quantitative estimate of drug-likeness (QED) is 0.706. The molecule has 0 spiro atoms. The van der Waals surface area contributed by atoms with Gasteiger partial charge >= 0.3 is 0 Å². The van der Waals surface area contributed by atoms with Crippen LogP contribution >= 0.6 is 23.2 Å². The molecule has 1 N–H and O–H groups in total. The van der Waals surface area contributed by atoms with Crippen molar-refractivity contribution in [3.63, 3.8) is 0 Å². The van der Waals surface area contributed by atoms with Gasteiger partial charge in [-0.15, -0.1) is 0 Å². The molecule has 0 atom stereocenters. The van der Waals surface area contributed by atoms with Gasteiger partial charge in [-0.2, -0.15) is 0 Å². The standard InChI is InChI=1S/C17H17Cl2NO2/c1-3-8-22-17-15(18)9-12(10-16(17)19)11-20-13-4-6-14(21-2)7-5-13/h3-7,9-10,20H,1,8,11H2,2H3. The molecule has 2 rings (SSSR count). The maximum absolute atomic E-state index is 6.20. The van der Waals surface area contributed by atoms with E-state index in [1.165, 1.54) is 0 Å². The summed E-state index contributed by atoms with van der Waals surface area (Å²) in [4.78, 5) is 0. The van der Waals surface area contributed by atoms with Crippen LogP contribution in [-0.4, -0.2) is 13.7 Å². The minimum atomic E-state index is 0.364. The second-order valence-electron chi connectivity index (χ2n) is 4.57. The largest absolute Gasteiger partial charge is 0.497 e. The summed E-state index contributed by atoms with van der Waals surface area (Å²) >= 11 is 12.4. The van der Waals surface area contributed by atoms with Gasteiger partial charge in [0.25, 0.3) is 0 Å². The molecule has 5 heteroatoms. The van der Waals surface area contributed by atoms with E-state index in [4.69, 9.17) is 32.7 Å². The van der Waals surface area contributed by atoms with E-state index < -0.39 is 0 Å². The molecule has 2 aromatic rings. The van der Waals surface area contributed by atoms with Crippen LogP contribution < -0.4 is 14.8 Å². The zero-order valence-electron chi connectivity index (χ0n) is 12.2. The van der Waals surface area contributed by atoms with Crippen LogP contribution in [0.3, 0.4) is 0 Å². The van der Waals surface area contributed by atoms with Gasteiger partial charge in [-0.1, -0.05) is 35.9 Å². The number of benzene rings is 2. The number of rotatable bonds is 7. The molecule has 0 fully saturated rings. The van der Waals surface area contributed by atoms with Gasteiger partial charge in [-0.25, -0.2) is 0 Å². The van der Waals surface area contributed by atoms with E-state index in [0.29, 0.717) is 28.9 Å². The predicted octanol–water partition coefficient (Wildman–Crippen LogP) is 5.18. The Morgan fingerprint density at radius 1 is 1.14 bits per heavy atom. The fourth-order valence-corrected chi connectivity index (χ4v) is 2.55. The molecule has 0 aliphatic carbocycles. The highest BCUT2D eigenvalue weighted by molar-refractivity contribution is 6.37. The van der Waals surface area contributed by atoms with E-state index in [-0.39, 0.29) is 0 Å². The third kappa shape index (κ3) is 4.33. The van der Waals surface area contributed by atoms with E-state index >= 15 is 0 Å². The average molecular weight is 338 g/mol. The van der Waals surface area contributed by atoms with Gasteiger partial charge in [0.15, 0.2) is 5.75 Å². The number of ether oxygens (including phenoxy) is 2. The Labute approximate surface area is 140 Å². The lowest BCUT2D eigenvalue weighted by atomic mass is 10.2. The minimum absolute atomic E-state index is 0.364. The molecule has 0 aliphatic rings. The Kier molecular flexibility index (Phi) is 5.99. The smallest absolute Gasteiger partial charge is 0.156 e. The Bertz CT molecular complexity index is 619. The Morgan fingerprint density at radius 3 is 2.32 bits per heavy atom. The summed E-state index contributed by atoms with van der Waals surface area (Å²) < 4.78 is 10.6. The zero-order valence-corrected chi connectivity index (χ0v) is 13.7. The van der Waals surface area contributed by atoms with Crippen molar-refractivity contribution in [3.8, 4) is 11.5 Å². The molecule has 0 unspecified atom stereocenters. The Balaban J connectivity index is 2.04. The van der Waals surface area contributed by atoms with Gasteiger partial charge in [0.1, 0.15) is 12.4 Å². The van der Waals surface area contributed by atoms with Crippen LogP contribution in [0.2, 0.25) is 10.0 Å². The van der Waals surface area contributed by atoms with Gasteiger partial charge in [-0.05, 0) is 42.0 Å². The fraction of sp³-hybridized carbons (Fsp3) is 0.176. The van der Waals surface area contributed by atoms with E-state index in [1.54, 1.807) is 13.2 Å². The summed E-state index contributed by atoms with van der Waals surface area (Å²) in [6.07, 6.45) is 1.64. The summed E-state index contributed by atoms with van der Waals surface area (Å²) in [5, 5.41) is 4.27. The molecule has 0 aliphatic heterocycles. The number of hydrogen-bond acceptors (Lipinski definition) is 3. The predicted molar refractivity (Wildman–Crippen MR) is 92.5 cm³/mol. The second kappa shape index (κ2) is 7.97. The highest BCUT2D eigenvalue weighted by atomic mass is 35.5. The van der Waals surface area contributed by atoms with E-state index in [1.807, 2.05) is 36.4 Å². The Hall–Kier alpha value is -1.84. The van der Waals surface area contributed by atoms with Crippen molar-refractivity contribution in [3.05, 3.63) is 64.7 Å². The van der Waals surface area contributed by atoms with E-state index in [9.17, 15) is 0 Å². The SMILES string of the molecule is C=CCOc1c(Cl)cc(CNc2ccc(OC)cc2)cc1Cl. The van der Waals surface area contributed by atoms with Crippen LogP contribution in [0.1, 0.15) is 5.56 Å². The van der Waals surface area contributed by atoms with Crippen molar-refractivity contribution >= 4 is 28.9 Å². The minimum Gasteiger partial charge on any atom is -0.497 e. The van der Waals surface area contributed by atoms with E-state index in [2.05, 4.69) is 11.9 Å². The number of hydrogen-bond donors (Lipinski definition) is 1. The van der Waals surface area contributed by atoms with Crippen molar-refractivity contribution in [2.24, 2.45) is 0 Å². The molecule has 0 saturated carbocycles. The summed E-state index contributed by atoms with van der Waals surface area (Å²) in [5.74, 6) is 1.30. The van der Waals surface area contributed by atoms with Crippen molar-refractivity contribution < 1.29 is 9.47 Å². The van der Waals surface area contributed by atoms with Crippen LogP contribution in [0.5, 0.6) is 11.5 Å². The molecule has 0 saturated heterocycles. The third-order valence-electron chi connectivity index (χ3n) is 2.99. The Morgan fingerprint density at radius 2 is 1.77 bits per heavy atom. The molecule has 22 heavy (non-hydrogen) atoms. The zero-order chi connectivity index (χ0) is 15.9.